The molecule has 0 aliphatic carbocycles. The fourth-order valence-corrected chi connectivity index (χ4v) is 2.30. The quantitative estimate of drug-likeness (QED) is 0.811. The molecule has 0 unspecified atom stereocenters. The number of carbonyl (C=O) groups excluding carboxylic acids is 2. The Hall–Kier alpha value is -2.28. The van der Waals surface area contributed by atoms with Gasteiger partial charge in [0.2, 0.25) is 0 Å². The zero-order valence-electron chi connectivity index (χ0n) is 9.16. The van der Waals surface area contributed by atoms with Crippen LogP contribution in [0.3, 0.4) is 0 Å². The molecule has 0 bridgehead atoms. The van der Waals surface area contributed by atoms with Gasteiger partial charge < -0.3 is 5.73 Å². The van der Waals surface area contributed by atoms with Crippen LogP contribution in [0.2, 0.25) is 0 Å². The molecule has 3 rings (SSSR count). The summed E-state index contributed by atoms with van der Waals surface area (Å²) in [5.41, 5.74) is 6.95. The molecule has 90 valence electrons. The first kappa shape index (κ1) is 10.8. The highest BCUT2D eigenvalue weighted by molar-refractivity contribution is 7.09. The minimum atomic E-state index is -0.317. The molecule has 2 N–H and O–H groups in total. The molecule has 2 aromatic rings. The second-order valence-electron chi connectivity index (χ2n) is 3.83. The highest BCUT2D eigenvalue weighted by atomic mass is 32.1. The third-order valence-corrected chi connectivity index (χ3v) is 3.37. The molecular weight excluding hydrogens is 252 g/mol. The average molecular weight is 260 g/mol. The van der Waals surface area contributed by atoms with E-state index in [1.54, 1.807) is 24.3 Å². The summed E-state index contributed by atoms with van der Waals surface area (Å²) in [7, 11) is 0. The van der Waals surface area contributed by atoms with Gasteiger partial charge in [-0.1, -0.05) is 16.6 Å². The fourth-order valence-electron chi connectivity index (χ4n) is 1.86. The third-order valence-electron chi connectivity index (χ3n) is 2.77. The molecule has 7 heteroatoms. The average Bonchev–Trinajstić information content (AvgIpc) is 2.89. The van der Waals surface area contributed by atoms with E-state index in [4.69, 9.17) is 5.73 Å². The van der Waals surface area contributed by atoms with Crippen molar-refractivity contribution in [2.75, 3.05) is 5.73 Å². The van der Waals surface area contributed by atoms with E-state index >= 15 is 0 Å². The first-order chi connectivity index (χ1) is 8.68. The zero-order chi connectivity index (χ0) is 12.7. The van der Waals surface area contributed by atoms with Crippen molar-refractivity contribution in [1.29, 1.82) is 0 Å². The number of imide groups is 1. The molecule has 1 aromatic carbocycles. The number of anilines is 1. The summed E-state index contributed by atoms with van der Waals surface area (Å²) in [6, 6.07) is 6.73. The van der Waals surface area contributed by atoms with Gasteiger partial charge in [-0.25, -0.2) is 0 Å². The summed E-state index contributed by atoms with van der Waals surface area (Å²) in [4.78, 5) is 25.3. The molecule has 2 heterocycles. The number of fused-ring (bicyclic) bond motifs is 1. The molecule has 0 fully saturated rings. The molecule has 0 saturated heterocycles. The first-order valence-electron chi connectivity index (χ1n) is 5.20. The highest BCUT2D eigenvalue weighted by Crippen LogP contribution is 2.25. The lowest BCUT2D eigenvalue weighted by molar-refractivity contribution is 0.0641. The number of aromatic nitrogens is 2. The number of nitrogens with zero attached hydrogens (tertiary/aromatic N) is 3. The first-order valence-corrected chi connectivity index (χ1v) is 5.97. The second kappa shape index (κ2) is 3.88. The van der Waals surface area contributed by atoms with Crippen LogP contribution in [0.25, 0.3) is 0 Å². The van der Waals surface area contributed by atoms with Crippen molar-refractivity contribution in [2.24, 2.45) is 0 Å². The van der Waals surface area contributed by atoms with Gasteiger partial charge in [0, 0.05) is 11.5 Å². The zero-order valence-corrected chi connectivity index (χ0v) is 9.98. The van der Waals surface area contributed by atoms with Crippen LogP contribution in [0, 0.1) is 0 Å². The Balaban J connectivity index is 1.95. The predicted octanol–water partition coefficient (Wildman–Crippen LogP) is 0.917. The summed E-state index contributed by atoms with van der Waals surface area (Å²) < 4.78 is 3.68. The van der Waals surface area contributed by atoms with Crippen LogP contribution >= 0.6 is 11.5 Å². The van der Waals surface area contributed by atoms with Crippen LogP contribution in [-0.2, 0) is 6.54 Å². The minimum absolute atomic E-state index is 0.0642. The van der Waals surface area contributed by atoms with Gasteiger partial charge in [0.25, 0.3) is 11.8 Å². The van der Waals surface area contributed by atoms with Crippen molar-refractivity contribution in [1.82, 2.24) is 14.5 Å². The minimum Gasteiger partial charge on any atom is -0.388 e. The molecule has 0 atom stereocenters. The topological polar surface area (TPSA) is 89.2 Å². The number of benzene rings is 1. The van der Waals surface area contributed by atoms with Gasteiger partial charge in [-0.3, -0.25) is 14.5 Å². The second-order valence-corrected chi connectivity index (χ2v) is 4.61. The molecule has 6 nitrogen and oxygen atoms in total. The Morgan fingerprint density at radius 2 is 1.78 bits per heavy atom. The van der Waals surface area contributed by atoms with Crippen LogP contribution in [-0.4, -0.2) is 26.3 Å². The summed E-state index contributed by atoms with van der Waals surface area (Å²) in [5, 5.41) is 4.23. The van der Waals surface area contributed by atoms with Crippen molar-refractivity contribution in [3.63, 3.8) is 0 Å². The largest absolute Gasteiger partial charge is 0.388 e. The molecule has 1 aromatic heterocycles. The van der Waals surface area contributed by atoms with Gasteiger partial charge in [-0.15, -0.1) is 5.10 Å². The Kier molecular flexibility index (Phi) is 2.34. The third kappa shape index (κ3) is 1.48. The number of hydrogen-bond donors (Lipinski definition) is 1. The number of amides is 2. The van der Waals surface area contributed by atoms with Crippen LogP contribution < -0.4 is 5.73 Å². The van der Waals surface area contributed by atoms with Crippen LogP contribution in [0.1, 0.15) is 26.4 Å². The van der Waals surface area contributed by atoms with Crippen LogP contribution in [0.4, 0.5) is 5.00 Å². The van der Waals surface area contributed by atoms with Gasteiger partial charge in [0.1, 0.15) is 10.7 Å². The lowest BCUT2D eigenvalue weighted by Gasteiger charge is -2.11. The standard InChI is InChI=1S/C11H8N4O2S/c12-9-8(13-14-18-9)5-15-10(16)6-3-1-2-4-7(6)11(15)17/h1-4H,5,12H2. The van der Waals surface area contributed by atoms with Crippen LogP contribution in [0.5, 0.6) is 0 Å². The number of carbonyl (C=O) groups is 2. The lowest BCUT2D eigenvalue weighted by atomic mass is 10.1. The van der Waals surface area contributed by atoms with Gasteiger partial charge in [-0.05, 0) is 12.1 Å². The number of nitrogen functional groups attached to an aromatic ring is 1. The van der Waals surface area contributed by atoms with Crippen molar-refractivity contribution < 1.29 is 9.59 Å². The van der Waals surface area contributed by atoms with E-state index in [1.807, 2.05) is 0 Å². The Morgan fingerprint density at radius 1 is 1.17 bits per heavy atom. The van der Waals surface area contributed by atoms with E-state index in [0.29, 0.717) is 21.8 Å². The molecule has 0 saturated carbocycles. The Labute approximate surface area is 106 Å². The summed E-state index contributed by atoms with van der Waals surface area (Å²) >= 11 is 1.04. The smallest absolute Gasteiger partial charge is 0.261 e. The van der Waals surface area contributed by atoms with Crippen molar-refractivity contribution in [3.05, 3.63) is 41.1 Å². The van der Waals surface area contributed by atoms with Crippen molar-refractivity contribution >= 4 is 28.3 Å². The molecule has 0 spiro atoms. The van der Waals surface area contributed by atoms with E-state index in [-0.39, 0.29) is 18.4 Å². The molecule has 1 aliphatic heterocycles. The molecule has 0 radical (unpaired) electrons. The summed E-state index contributed by atoms with van der Waals surface area (Å²) in [5.74, 6) is -0.633. The Morgan fingerprint density at radius 3 is 2.28 bits per heavy atom. The van der Waals surface area contributed by atoms with Crippen molar-refractivity contribution in [3.8, 4) is 0 Å². The fraction of sp³-hybridized carbons (Fsp3) is 0.0909. The monoisotopic (exact) mass is 260 g/mol. The van der Waals surface area contributed by atoms with E-state index in [2.05, 4.69) is 9.59 Å². The SMILES string of the molecule is Nc1snnc1CN1C(=O)c2ccccc2C1=O. The van der Waals surface area contributed by atoms with Gasteiger partial charge in [-0.2, -0.15) is 0 Å². The maximum absolute atomic E-state index is 12.1. The molecule has 2 amide bonds. The maximum Gasteiger partial charge on any atom is 0.261 e. The van der Waals surface area contributed by atoms with Gasteiger partial charge in [0.15, 0.2) is 0 Å². The predicted molar refractivity (Wildman–Crippen MR) is 65.0 cm³/mol. The summed E-state index contributed by atoms with van der Waals surface area (Å²) in [6.45, 7) is 0.0642. The van der Waals surface area contributed by atoms with Gasteiger partial charge >= 0.3 is 0 Å². The lowest BCUT2D eigenvalue weighted by Crippen LogP contribution is -2.29. The summed E-state index contributed by atoms with van der Waals surface area (Å²) in [6.07, 6.45) is 0. The molecule has 18 heavy (non-hydrogen) atoms. The number of hydrogen-bond acceptors (Lipinski definition) is 6. The molecule has 1 aliphatic rings. The maximum atomic E-state index is 12.1. The van der Waals surface area contributed by atoms with Crippen LogP contribution in [0.15, 0.2) is 24.3 Å². The van der Waals surface area contributed by atoms with E-state index in [0.717, 1.165) is 16.4 Å². The van der Waals surface area contributed by atoms with E-state index < -0.39 is 0 Å². The van der Waals surface area contributed by atoms with Gasteiger partial charge in [0.05, 0.1) is 17.7 Å². The van der Waals surface area contributed by atoms with E-state index in [1.165, 1.54) is 0 Å². The number of rotatable bonds is 2. The number of nitrogens with two attached hydrogens (primary N) is 1. The highest BCUT2D eigenvalue weighted by Gasteiger charge is 2.35. The molecular formula is C11H8N4O2S. The normalized spacial score (nSPS) is 14.1. The van der Waals surface area contributed by atoms with E-state index in [9.17, 15) is 9.59 Å². The Bertz CT molecular complexity index is 617. The van der Waals surface area contributed by atoms with Crippen molar-refractivity contribution in [2.45, 2.75) is 6.54 Å².